The van der Waals surface area contributed by atoms with Crippen LogP contribution >= 0.6 is 22.9 Å². The molecule has 2 nitrogen and oxygen atoms in total. The Bertz CT molecular complexity index is 415. The van der Waals surface area contributed by atoms with Crippen LogP contribution in [0, 0.1) is 0 Å². The van der Waals surface area contributed by atoms with Crippen molar-refractivity contribution in [3.8, 4) is 0 Å². The van der Waals surface area contributed by atoms with Crippen LogP contribution in [0.25, 0.3) is 0 Å². The summed E-state index contributed by atoms with van der Waals surface area (Å²) in [5.41, 5.74) is 0.832. The zero-order chi connectivity index (χ0) is 9.97. The summed E-state index contributed by atoms with van der Waals surface area (Å²) in [5, 5.41) is 9.93. The van der Waals surface area contributed by atoms with Gasteiger partial charge >= 0.3 is 0 Å². The molecule has 14 heavy (non-hydrogen) atoms. The molecule has 2 rings (SSSR count). The van der Waals surface area contributed by atoms with Gasteiger partial charge in [0.15, 0.2) is 0 Å². The van der Waals surface area contributed by atoms with Crippen molar-refractivity contribution in [2.45, 2.75) is 6.10 Å². The number of hydrogen-bond donors (Lipinski definition) is 1. The summed E-state index contributed by atoms with van der Waals surface area (Å²) in [6, 6.07) is 7.20. The number of pyridine rings is 1. The van der Waals surface area contributed by atoms with E-state index in [-0.39, 0.29) is 0 Å². The number of nitrogens with zero attached hydrogens (tertiary/aromatic N) is 1. The highest BCUT2D eigenvalue weighted by atomic mass is 35.5. The predicted molar refractivity (Wildman–Crippen MR) is 57.6 cm³/mol. The van der Waals surface area contributed by atoms with Crippen molar-refractivity contribution in [2.75, 3.05) is 0 Å². The van der Waals surface area contributed by atoms with E-state index >= 15 is 0 Å². The van der Waals surface area contributed by atoms with Gasteiger partial charge in [-0.1, -0.05) is 11.6 Å². The molecule has 72 valence electrons. The highest BCUT2D eigenvalue weighted by Gasteiger charge is 2.11. The Labute approximate surface area is 90.8 Å². The van der Waals surface area contributed by atoms with Crippen molar-refractivity contribution >= 4 is 22.9 Å². The van der Waals surface area contributed by atoms with Gasteiger partial charge in [-0.2, -0.15) is 0 Å². The summed E-state index contributed by atoms with van der Waals surface area (Å²) < 4.78 is 0.688. The lowest BCUT2D eigenvalue weighted by atomic mass is 10.1. The standard InChI is InChI=1S/C10H8ClNOS/c11-9-2-1-8(14-9)10(13)7-3-5-12-6-4-7/h1-6,10,13H. The minimum absolute atomic E-state index is 0.601. The van der Waals surface area contributed by atoms with Crippen LogP contribution in [0.4, 0.5) is 0 Å². The highest BCUT2D eigenvalue weighted by molar-refractivity contribution is 7.16. The van der Waals surface area contributed by atoms with Gasteiger partial charge < -0.3 is 5.11 Å². The number of aliphatic hydroxyl groups excluding tert-OH is 1. The first kappa shape index (κ1) is 9.65. The minimum Gasteiger partial charge on any atom is -0.383 e. The molecule has 2 aromatic rings. The Kier molecular flexibility index (Phi) is 2.82. The van der Waals surface area contributed by atoms with Gasteiger partial charge in [0, 0.05) is 17.3 Å². The Morgan fingerprint density at radius 2 is 1.93 bits per heavy atom. The third-order valence-corrected chi connectivity index (χ3v) is 3.17. The molecule has 1 unspecified atom stereocenters. The second-order valence-electron chi connectivity index (χ2n) is 2.82. The molecule has 1 N–H and O–H groups in total. The monoisotopic (exact) mass is 225 g/mol. The molecule has 0 bridgehead atoms. The normalized spacial score (nSPS) is 12.7. The van der Waals surface area contributed by atoms with Gasteiger partial charge in [0.2, 0.25) is 0 Å². The van der Waals surface area contributed by atoms with Crippen molar-refractivity contribution in [1.82, 2.24) is 4.98 Å². The lowest BCUT2D eigenvalue weighted by molar-refractivity contribution is 0.224. The van der Waals surface area contributed by atoms with Crippen molar-refractivity contribution in [3.05, 3.63) is 51.4 Å². The fourth-order valence-electron chi connectivity index (χ4n) is 1.19. The summed E-state index contributed by atoms with van der Waals surface area (Å²) >= 11 is 7.17. The van der Waals surface area contributed by atoms with Crippen LogP contribution < -0.4 is 0 Å². The molecular formula is C10H8ClNOS. The molecule has 2 heterocycles. The molecule has 1 atom stereocenters. The van der Waals surface area contributed by atoms with E-state index < -0.39 is 6.10 Å². The summed E-state index contributed by atoms with van der Waals surface area (Å²) in [5.74, 6) is 0. The lowest BCUT2D eigenvalue weighted by Gasteiger charge is -2.07. The van der Waals surface area contributed by atoms with Crippen molar-refractivity contribution in [1.29, 1.82) is 0 Å². The molecule has 2 aromatic heterocycles. The number of hydrogen-bond acceptors (Lipinski definition) is 3. The quantitative estimate of drug-likeness (QED) is 0.853. The van der Waals surface area contributed by atoms with E-state index in [4.69, 9.17) is 11.6 Å². The number of aliphatic hydroxyl groups is 1. The molecule has 0 saturated heterocycles. The summed E-state index contributed by atoms with van der Waals surface area (Å²) in [7, 11) is 0. The first-order valence-electron chi connectivity index (χ1n) is 4.10. The SMILES string of the molecule is OC(c1ccncc1)c1ccc(Cl)s1. The second kappa shape index (κ2) is 4.09. The Balaban J connectivity index is 2.29. The van der Waals surface area contributed by atoms with E-state index in [0.29, 0.717) is 4.34 Å². The molecule has 0 saturated carbocycles. The zero-order valence-corrected chi connectivity index (χ0v) is 8.79. The van der Waals surface area contributed by atoms with Crippen LogP contribution in [0.1, 0.15) is 16.5 Å². The van der Waals surface area contributed by atoms with Crippen LogP contribution in [0.3, 0.4) is 0 Å². The van der Waals surface area contributed by atoms with Crippen molar-refractivity contribution in [2.24, 2.45) is 0 Å². The van der Waals surface area contributed by atoms with E-state index in [1.165, 1.54) is 11.3 Å². The van der Waals surface area contributed by atoms with E-state index in [1.54, 1.807) is 30.6 Å². The summed E-state index contributed by atoms with van der Waals surface area (Å²) in [6.07, 6.45) is 2.72. The first-order valence-corrected chi connectivity index (χ1v) is 5.30. The molecule has 0 aromatic carbocycles. The van der Waals surface area contributed by atoms with E-state index in [2.05, 4.69) is 4.98 Å². The van der Waals surface area contributed by atoms with Crippen LogP contribution in [0.5, 0.6) is 0 Å². The Hall–Kier alpha value is -0.900. The van der Waals surface area contributed by atoms with Gasteiger partial charge in [-0.25, -0.2) is 0 Å². The highest BCUT2D eigenvalue weighted by Crippen LogP contribution is 2.30. The molecule has 0 aliphatic heterocycles. The topological polar surface area (TPSA) is 33.1 Å². The van der Waals surface area contributed by atoms with Crippen LogP contribution in [0.2, 0.25) is 4.34 Å². The molecule has 0 aliphatic carbocycles. The molecule has 0 radical (unpaired) electrons. The van der Waals surface area contributed by atoms with Gasteiger partial charge in [0.25, 0.3) is 0 Å². The zero-order valence-electron chi connectivity index (χ0n) is 7.22. The molecule has 0 spiro atoms. The van der Waals surface area contributed by atoms with E-state index in [0.717, 1.165) is 10.4 Å². The predicted octanol–water partition coefficient (Wildman–Crippen LogP) is 2.88. The lowest BCUT2D eigenvalue weighted by Crippen LogP contribution is -1.96. The maximum Gasteiger partial charge on any atom is 0.113 e. The Morgan fingerprint density at radius 1 is 1.21 bits per heavy atom. The van der Waals surface area contributed by atoms with Crippen molar-refractivity contribution in [3.63, 3.8) is 0 Å². The summed E-state index contributed by atoms with van der Waals surface area (Å²) in [6.45, 7) is 0. The maximum absolute atomic E-state index is 9.93. The van der Waals surface area contributed by atoms with E-state index in [1.807, 2.05) is 6.07 Å². The van der Waals surface area contributed by atoms with Crippen molar-refractivity contribution < 1.29 is 5.11 Å². The largest absolute Gasteiger partial charge is 0.383 e. The maximum atomic E-state index is 9.93. The molecule has 4 heteroatoms. The smallest absolute Gasteiger partial charge is 0.113 e. The average molecular weight is 226 g/mol. The summed E-state index contributed by atoms with van der Waals surface area (Å²) in [4.78, 5) is 4.74. The van der Waals surface area contributed by atoms with Gasteiger partial charge in [-0.05, 0) is 29.8 Å². The third-order valence-electron chi connectivity index (χ3n) is 1.89. The van der Waals surface area contributed by atoms with Gasteiger partial charge in [-0.15, -0.1) is 11.3 Å². The minimum atomic E-state index is -0.601. The van der Waals surface area contributed by atoms with Crippen LogP contribution in [0.15, 0.2) is 36.7 Å². The number of rotatable bonds is 2. The molecule has 0 amide bonds. The Morgan fingerprint density at radius 3 is 2.50 bits per heavy atom. The van der Waals surface area contributed by atoms with Gasteiger partial charge in [0.1, 0.15) is 6.10 Å². The molecule has 0 fully saturated rings. The number of thiophene rings is 1. The molecular weight excluding hydrogens is 218 g/mol. The molecule has 0 aliphatic rings. The van der Waals surface area contributed by atoms with E-state index in [9.17, 15) is 5.11 Å². The second-order valence-corrected chi connectivity index (χ2v) is 4.57. The van der Waals surface area contributed by atoms with Crippen LogP contribution in [-0.2, 0) is 0 Å². The number of halogens is 1. The van der Waals surface area contributed by atoms with Gasteiger partial charge in [-0.3, -0.25) is 4.98 Å². The fourth-order valence-corrected chi connectivity index (χ4v) is 2.26. The number of aromatic nitrogens is 1. The van der Waals surface area contributed by atoms with Gasteiger partial charge in [0.05, 0.1) is 4.34 Å². The average Bonchev–Trinajstić information content (AvgIpc) is 2.65. The third kappa shape index (κ3) is 1.95. The van der Waals surface area contributed by atoms with Crippen LogP contribution in [-0.4, -0.2) is 10.1 Å². The fraction of sp³-hybridized carbons (Fsp3) is 0.100. The first-order chi connectivity index (χ1) is 6.77.